The molecule has 0 aliphatic carbocycles. The molecule has 0 saturated carbocycles. The molecular formula is C28H29P. The van der Waals surface area contributed by atoms with Crippen LogP contribution in [0, 0.1) is 0 Å². The van der Waals surface area contributed by atoms with Crippen molar-refractivity contribution in [1.29, 1.82) is 0 Å². The zero-order chi connectivity index (χ0) is 20.1. The number of rotatable bonds is 6. The Morgan fingerprint density at radius 3 is 1.24 bits per heavy atom. The molecule has 4 rings (SSSR count). The second-order valence-electron chi connectivity index (χ2n) is 8.08. The number of hydrogen-bond acceptors (Lipinski definition) is 0. The van der Waals surface area contributed by atoms with E-state index in [1.807, 2.05) is 0 Å². The van der Waals surface area contributed by atoms with Crippen molar-refractivity contribution >= 4 is 23.2 Å². The van der Waals surface area contributed by atoms with Gasteiger partial charge in [-0.2, -0.15) is 0 Å². The van der Waals surface area contributed by atoms with Gasteiger partial charge >= 0.3 is 175 Å². The maximum absolute atomic E-state index is 2.34. The van der Waals surface area contributed by atoms with Crippen LogP contribution < -0.4 is 15.9 Å². The van der Waals surface area contributed by atoms with E-state index in [0.717, 1.165) is 6.16 Å². The summed E-state index contributed by atoms with van der Waals surface area (Å²) < 4.78 is 0. The van der Waals surface area contributed by atoms with Crippen LogP contribution in [0.1, 0.15) is 30.9 Å². The minimum atomic E-state index is -2.21. The first-order valence-electron chi connectivity index (χ1n) is 10.5. The molecule has 1 heteroatoms. The molecule has 0 aromatic heterocycles. The Labute approximate surface area is 175 Å². The van der Waals surface area contributed by atoms with Crippen LogP contribution in [0.3, 0.4) is 0 Å². The normalized spacial score (nSPS) is 12.1. The van der Waals surface area contributed by atoms with E-state index in [1.165, 1.54) is 27.0 Å². The molecule has 0 saturated heterocycles. The molecule has 0 nitrogen and oxygen atoms in total. The molecule has 146 valence electrons. The van der Waals surface area contributed by atoms with E-state index < -0.39 is 7.26 Å². The molecule has 0 radical (unpaired) electrons. The van der Waals surface area contributed by atoms with Gasteiger partial charge in [-0.05, 0) is 0 Å². The van der Waals surface area contributed by atoms with Crippen LogP contribution in [-0.4, -0.2) is 0 Å². The standard InChI is InChI=1S/C28H29P/c1-23(2)25-20-18-24(19-21-25)22-29(26-12-6-3-7-13-26,27-14-8-4-9-15-27)28-16-10-5-11-17-28/h3-21,23,29H,22H2,1-2H3. The Morgan fingerprint density at radius 1 is 0.517 bits per heavy atom. The third kappa shape index (κ3) is 4.04. The monoisotopic (exact) mass is 396 g/mol. The van der Waals surface area contributed by atoms with Gasteiger partial charge in [-0.1, -0.05) is 0 Å². The molecule has 0 heterocycles. The van der Waals surface area contributed by atoms with Crippen LogP contribution in [-0.2, 0) is 6.16 Å². The van der Waals surface area contributed by atoms with Crippen LogP contribution in [0.25, 0.3) is 0 Å². The van der Waals surface area contributed by atoms with Crippen molar-refractivity contribution in [3.63, 3.8) is 0 Å². The van der Waals surface area contributed by atoms with Crippen molar-refractivity contribution in [3.05, 3.63) is 126 Å². The van der Waals surface area contributed by atoms with Crippen molar-refractivity contribution in [2.75, 3.05) is 0 Å². The van der Waals surface area contributed by atoms with E-state index in [1.54, 1.807) is 0 Å². The summed E-state index contributed by atoms with van der Waals surface area (Å²) in [5.74, 6) is 0.559. The molecule has 0 aliphatic heterocycles. The summed E-state index contributed by atoms with van der Waals surface area (Å²) in [6.07, 6.45) is 1.06. The summed E-state index contributed by atoms with van der Waals surface area (Å²) in [5, 5.41) is 4.39. The van der Waals surface area contributed by atoms with Gasteiger partial charge in [-0.3, -0.25) is 0 Å². The summed E-state index contributed by atoms with van der Waals surface area (Å²) in [4.78, 5) is 0. The number of hydrogen-bond donors (Lipinski definition) is 0. The second kappa shape index (κ2) is 8.76. The summed E-state index contributed by atoms with van der Waals surface area (Å²) in [5.41, 5.74) is 2.82. The summed E-state index contributed by atoms with van der Waals surface area (Å²) in [7, 11) is -2.21. The Hall–Kier alpha value is -2.69. The van der Waals surface area contributed by atoms with Gasteiger partial charge in [0.2, 0.25) is 0 Å². The molecule has 0 spiro atoms. The topological polar surface area (TPSA) is 0 Å². The first-order valence-corrected chi connectivity index (χ1v) is 12.7. The van der Waals surface area contributed by atoms with Crippen LogP contribution >= 0.6 is 7.26 Å². The van der Waals surface area contributed by atoms with Crippen molar-refractivity contribution in [2.24, 2.45) is 0 Å². The molecule has 0 aliphatic rings. The van der Waals surface area contributed by atoms with Crippen LogP contribution in [0.5, 0.6) is 0 Å². The fraction of sp³-hybridized carbons (Fsp3) is 0.143. The Bertz CT molecular complexity index is 923. The van der Waals surface area contributed by atoms with E-state index >= 15 is 0 Å². The van der Waals surface area contributed by atoms with Gasteiger partial charge in [0.25, 0.3) is 0 Å². The average molecular weight is 397 g/mol. The molecule has 4 aromatic rings. The summed E-state index contributed by atoms with van der Waals surface area (Å²) in [6.45, 7) is 4.51. The van der Waals surface area contributed by atoms with Gasteiger partial charge in [-0.25, -0.2) is 0 Å². The van der Waals surface area contributed by atoms with Crippen LogP contribution in [0.2, 0.25) is 0 Å². The van der Waals surface area contributed by atoms with E-state index in [4.69, 9.17) is 0 Å². The van der Waals surface area contributed by atoms with Gasteiger partial charge in [-0.15, -0.1) is 0 Å². The molecule has 0 unspecified atom stereocenters. The zero-order valence-corrected chi connectivity index (χ0v) is 18.3. The van der Waals surface area contributed by atoms with E-state index in [2.05, 4.69) is 129 Å². The second-order valence-corrected chi connectivity index (χ2v) is 12.0. The average Bonchev–Trinajstić information content (AvgIpc) is 2.79. The van der Waals surface area contributed by atoms with Crippen molar-refractivity contribution < 1.29 is 0 Å². The molecule has 4 aromatic carbocycles. The predicted molar refractivity (Wildman–Crippen MR) is 131 cm³/mol. The van der Waals surface area contributed by atoms with Crippen molar-refractivity contribution in [2.45, 2.75) is 25.9 Å². The third-order valence-electron chi connectivity index (χ3n) is 5.92. The first kappa shape index (κ1) is 19.6. The van der Waals surface area contributed by atoms with Gasteiger partial charge in [0.1, 0.15) is 0 Å². The maximum atomic E-state index is 2.34. The molecule has 0 fully saturated rings. The zero-order valence-electron chi connectivity index (χ0n) is 17.3. The Morgan fingerprint density at radius 2 is 0.897 bits per heavy atom. The minimum absolute atomic E-state index is 0.559. The summed E-state index contributed by atoms with van der Waals surface area (Å²) in [6, 6.07) is 42.7. The fourth-order valence-corrected chi connectivity index (χ4v) is 9.05. The van der Waals surface area contributed by atoms with E-state index in [9.17, 15) is 0 Å². The molecule has 0 N–H and O–H groups in total. The van der Waals surface area contributed by atoms with Crippen LogP contribution in [0.4, 0.5) is 0 Å². The van der Waals surface area contributed by atoms with Gasteiger partial charge in [0.05, 0.1) is 0 Å². The fourth-order valence-electron chi connectivity index (χ4n) is 4.30. The predicted octanol–water partition coefficient (Wildman–Crippen LogP) is 6.04. The first-order chi connectivity index (χ1) is 14.2. The van der Waals surface area contributed by atoms with Gasteiger partial charge in [0.15, 0.2) is 0 Å². The van der Waals surface area contributed by atoms with Crippen molar-refractivity contribution in [1.82, 2.24) is 0 Å². The van der Waals surface area contributed by atoms with Crippen LogP contribution in [0.15, 0.2) is 115 Å². The number of benzene rings is 4. The Kier molecular flexibility index (Phi) is 5.93. The molecule has 0 amide bonds. The molecule has 0 atom stereocenters. The molecular weight excluding hydrogens is 367 g/mol. The SMILES string of the molecule is CC(C)c1ccc(C[PH](c2ccccc2)(c2ccccc2)c2ccccc2)cc1. The van der Waals surface area contributed by atoms with Gasteiger partial charge < -0.3 is 0 Å². The van der Waals surface area contributed by atoms with E-state index in [0.29, 0.717) is 5.92 Å². The quantitative estimate of drug-likeness (QED) is 0.349. The molecule has 0 bridgehead atoms. The third-order valence-corrected chi connectivity index (χ3v) is 10.8. The molecule has 29 heavy (non-hydrogen) atoms. The van der Waals surface area contributed by atoms with Gasteiger partial charge in [0, 0.05) is 0 Å². The van der Waals surface area contributed by atoms with Crippen molar-refractivity contribution in [3.8, 4) is 0 Å². The Balaban J connectivity index is 1.92. The summed E-state index contributed by atoms with van der Waals surface area (Å²) >= 11 is 0. The van der Waals surface area contributed by atoms with E-state index in [-0.39, 0.29) is 0 Å².